The van der Waals surface area contributed by atoms with Crippen LogP contribution in [0.5, 0.6) is 0 Å². The highest BCUT2D eigenvalue weighted by molar-refractivity contribution is 4.64. The van der Waals surface area contributed by atoms with Crippen LogP contribution < -0.4 is 28.5 Å². The number of imidazole rings is 1. The summed E-state index contributed by atoms with van der Waals surface area (Å²) < 4.78 is 4.51. The van der Waals surface area contributed by atoms with Gasteiger partial charge in [-0.2, -0.15) is 0 Å². The second-order valence-corrected chi connectivity index (χ2v) is 4.25. The maximum atomic E-state index is 2.29. The van der Waals surface area contributed by atoms with Gasteiger partial charge in [-0.05, 0) is 19.8 Å². The normalized spacial score (nSPS) is 10.1. The van der Waals surface area contributed by atoms with Gasteiger partial charge in [0.15, 0.2) is 0 Å². The molecule has 0 spiro atoms. The molecule has 94 valence electrons. The molecule has 3 heteroatoms. The Morgan fingerprint density at radius 1 is 1.00 bits per heavy atom. The summed E-state index contributed by atoms with van der Waals surface area (Å²) in [6.45, 7) is 6.70. The molecule has 0 fully saturated rings. The highest BCUT2D eigenvalue weighted by atomic mass is 127. The second-order valence-electron chi connectivity index (χ2n) is 4.25. The molecule has 0 aliphatic heterocycles. The molecule has 0 aliphatic rings. The van der Waals surface area contributed by atoms with Gasteiger partial charge in [-0.25, -0.2) is 9.13 Å². The fourth-order valence-corrected chi connectivity index (χ4v) is 1.83. The molecule has 0 unspecified atom stereocenters. The van der Waals surface area contributed by atoms with Crippen molar-refractivity contribution >= 4 is 0 Å². The Kier molecular flexibility index (Phi) is 10.1. The fourth-order valence-electron chi connectivity index (χ4n) is 1.83. The number of nitrogens with zero attached hydrogens (tertiary/aromatic N) is 2. The van der Waals surface area contributed by atoms with Crippen molar-refractivity contribution in [3.63, 3.8) is 0 Å². The molecule has 0 amide bonds. The molecule has 0 radical (unpaired) electrons. The largest absolute Gasteiger partial charge is 1.00 e. The van der Waals surface area contributed by atoms with Gasteiger partial charge in [0.25, 0.3) is 0 Å². The van der Waals surface area contributed by atoms with Gasteiger partial charge in [0.2, 0.25) is 6.33 Å². The molecule has 0 N–H and O–H groups in total. The molecule has 0 atom stereocenters. The van der Waals surface area contributed by atoms with Crippen molar-refractivity contribution in [2.24, 2.45) is 0 Å². The minimum Gasteiger partial charge on any atom is -1.00 e. The predicted octanol–water partition coefficient (Wildman–Crippen LogP) is 0.160. The molecular formula is C13H25IN2. The van der Waals surface area contributed by atoms with Gasteiger partial charge in [0.1, 0.15) is 12.4 Å². The predicted molar refractivity (Wildman–Crippen MR) is 63.7 cm³/mol. The zero-order valence-corrected chi connectivity index (χ0v) is 12.8. The van der Waals surface area contributed by atoms with Gasteiger partial charge in [0, 0.05) is 0 Å². The number of hydrogen-bond acceptors (Lipinski definition) is 0. The number of aromatic nitrogens is 2. The SMILES string of the molecule is CCCCCCCC[n+]1ccn(CC)c1.[I-]. The molecule has 1 rings (SSSR count). The molecule has 0 saturated heterocycles. The molecule has 0 aromatic carbocycles. The monoisotopic (exact) mass is 336 g/mol. The summed E-state index contributed by atoms with van der Waals surface area (Å²) in [5, 5.41) is 0. The first-order valence-corrected chi connectivity index (χ1v) is 6.41. The average molecular weight is 336 g/mol. The van der Waals surface area contributed by atoms with Crippen LogP contribution >= 0.6 is 0 Å². The first kappa shape index (κ1) is 15.9. The number of rotatable bonds is 8. The molecule has 1 aromatic rings. The Hall–Kier alpha value is -0.0600. The van der Waals surface area contributed by atoms with Crippen LogP contribution in [0.1, 0.15) is 52.4 Å². The van der Waals surface area contributed by atoms with Crippen molar-refractivity contribution in [3.8, 4) is 0 Å². The van der Waals surface area contributed by atoms with Crippen molar-refractivity contribution in [1.82, 2.24) is 4.57 Å². The van der Waals surface area contributed by atoms with E-state index in [1.54, 1.807) is 0 Å². The summed E-state index contributed by atoms with van der Waals surface area (Å²) in [6.07, 6.45) is 14.8. The van der Waals surface area contributed by atoms with Crippen LogP contribution in [0.25, 0.3) is 0 Å². The van der Waals surface area contributed by atoms with Gasteiger partial charge in [-0.3, -0.25) is 0 Å². The lowest BCUT2D eigenvalue weighted by atomic mass is 10.1. The summed E-state index contributed by atoms with van der Waals surface area (Å²) in [6, 6.07) is 0. The third kappa shape index (κ3) is 6.51. The summed E-state index contributed by atoms with van der Waals surface area (Å²) >= 11 is 0. The van der Waals surface area contributed by atoms with Gasteiger partial charge < -0.3 is 24.0 Å². The molecule has 0 saturated carbocycles. The van der Waals surface area contributed by atoms with Crippen molar-refractivity contribution in [1.29, 1.82) is 0 Å². The van der Waals surface area contributed by atoms with Crippen molar-refractivity contribution in [2.45, 2.75) is 65.5 Å². The van der Waals surface area contributed by atoms with E-state index < -0.39 is 0 Å². The van der Waals surface area contributed by atoms with Crippen LogP contribution in [-0.2, 0) is 13.1 Å². The average Bonchev–Trinajstić information content (AvgIpc) is 2.71. The molecule has 0 aliphatic carbocycles. The van der Waals surface area contributed by atoms with E-state index in [9.17, 15) is 0 Å². The molecule has 2 nitrogen and oxygen atoms in total. The Labute approximate surface area is 117 Å². The van der Waals surface area contributed by atoms with Crippen LogP contribution in [0.3, 0.4) is 0 Å². The maximum Gasteiger partial charge on any atom is 0.243 e. The van der Waals surface area contributed by atoms with E-state index in [0.29, 0.717) is 0 Å². The van der Waals surface area contributed by atoms with E-state index in [0.717, 1.165) is 6.54 Å². The van der Waals surface area contributed by atoms with Gasteiger partial charge in [0.05, 0.1) is 13.1 Å². The van der Waals surface area contributed by atoms with Crippen LogP contribution in [0.15, 0.2) is 18.7 Å². The zero-order chi connectivity index (χ0) is 10.9. The highest BCUT2D eigenvalue weighted by Crippen LogP contribution is 2.04. The smallest absolute Gasteiger partial charge is 0.243 e. The summed E-state index contributed by atoms with van der Waals surface area (Å²) in [4.78, 5) is 0. The lowest BCUT2D eigenvalue weighted by Gasteiger charge is -1.98. The van der Waals surface area contributed by atoms with E-state index in [4.69, 9.17) is 0 Å². The highest BCUT2D eigenvalue weighted by Gasteiger charge is 2.00. The lowest BCUT2D eigenvalue weighted by molar-refractivity contribution is -0.696. The van der Waals surface area contributed by atoms with E-state index >= 15 is 0 Å². The Balaban J connectivity index is 0.00000225. The van der Waals surface area contributed by atoms with E-state index in [1.165, 1.54) is 45.1 Å². The zero-order valence-electron chi connectivity index (χ0n) is 10.7. The molecule has 16 heavy (non-hydrogen) atoms. The van der Waals surface area contributed by atoms with Crippen LogP contribution in [-0.4, -0.2) is 4.57 Å². The third-order valence-electron chi connectivity index (χ3n) is 2.88. The second kappa shape index (κ2) is 10.1. The minimum atomic E-state index is 0. The lowest BCUT2D eigenvalue weighted by Crippen LogP contribution is -3.00. The van der Waals surface area contributed by atoms with Crippen molar-refractivity contribution in [3.05, 3.63) is 18.7 Å². The van der Waals surface area contributed by atoms with Gasteiger partial charge >= 0.3 is 0 Å². The van der Waals surface area contributed by atoms with E-state index in [2.05, 4.69) is 41.7 Å². The Bertz CT molecular complexity index is 258. The standard InChI is InChI=1S/C13H25N2.HI/c1-3-5-6-7-8-9-10-15-12-11-14(4-2)13-15;/h11-13H,3-10H2,1-2H3;1H/q+1;/p-1. The fraction of sp³-hybridized carbons (Fsp3) is 0.769. The number of aryl methyl sites for hydroxylation is 2. The maximum absolute atomic E-state index is 2.29. The minimum absolute atomic E-state index is 0. The van der Waals surface area contributed by atoms with Crippen molar-refractivity contribution in [2.75, 3.05) is 0 Å². The quantitative estimate of drug-likeness (QED) is 0.363. The Morgan fingerprint density at radius 2 is 1.69 bits per heavy atom. The third-order valence-corrected chi connectivity index (χ3v) is 2.88. The van der Waals surface area contributed by atoms with Crippen molar-refractivity contribution < 1.29 is 28.5 Å². The first-order valence-electron chi connectivity index (χ1n) is 6.41. The topological polar surface area (TPSA) is 8.81 Å². The van der Waals surface area contributed by atoms with E-state index in [-0.39, 0.29) is 24.0 Å². The van der Waals surface area contributed by atoms with Crippen LogP contribution in [0.2, 0.25) is 0 Å². The van der Waals surface area contributed by atoms with Gasteiger partial charge in [-0.15, -0.1) is 0 Å². The van der Waals surface area contributed by atoms with Crippen LogP contribution in [0.4, 0.5) is 0 Å². The molecule has 0 bridgehead atoms. The number of hydrogen-bond donors (Lipinski definition) is 0. The molecule has 1 aromatic heterocycles. The summed E-state index contributed by atoms with van der Waals surface area (Å²) in [5.74, 6) is 0. The molecular weight excluding hydrogens is 311 g/mol. The molecule has 1 heterocycles. The van der Waals surface area contributed by atoms with Gasteiger partial charge in [-0.1, -0.05) is 32.6 Å². The summed E-state index contributed by atoms with van der Waals surface area (Å²) in [5.41, 5.74) is 0. The van der Waals surface area contributed by atoms with Crippen LogP contribution in [0, 0.1) is 0 Å². The number of unbranched alkanes of at least 4 members (excludes halogenated alkanes) is 5. The van der Waals surface area contributed by atoms with E-state index in [1.807, 2.05) is 0 Å². The first-order chi connectivity index (χ1) is 7.36. The summed E-state index contributed by atoms with van der Waals surface area (Å²) in [7, 11) is 0. The number of halogens is 1. The Morgan fingerprint density at radius 3 is 2.31 bits per heavy atom.